The van der Waals surface area contributed by atoms with Crippen LogP contribution in [0.25, 0.3) is 0 Å². The number of rotatable bonds is 4. The summed E-state index contributed by atoms with van der Waals surface area (Å²) in [5.74, 6) is -0.0829. The number of hydrogen-bond acceptors (Lipinski definition) is 3. The first kappa shape index (κ1) is 16.7. The van der Waals surface area contributed by atoms with Crippen LogP contribution in [0.5, 0.6) is 0 Å². The molecule has 2 aromatic rings. The summed E-state index contributed by atoms with van der Waals surface area (Å²) in [4.78, 5) is 16.9. The minimum atomic E-state index is -3.37. The third kappa shape index (κ3) is 3.52. The van der Waals surface area contributed by atoms with Gasteiger partial charge in [-0.25, -0.2) is 8.42 Å². The van der Waals surface area contributed by atoms with Crippen LogP contribution in [0, 0.1) is 6.92 Å². The fraction of sp³-hybridized carbons (Fsp3) is 0.353. The summed E-state index contributed by atoms with van der Waals surface area (Å²) in [5.41, 5.74) is 2.33. The number of H-pyrrole nitrogens is 1. The average molecular weight is 347 g/mol. The van der Waals surface area contributed by atoms with Crippen LogP contribution < -0.4 is 0 Å². The Bertz CT molecular complexity index is 807. The van der Waals surface area contributed by atoms with E-state index in [9.17, 15) is 13.2 Å². The van der Waals surface area contributed by atoms with Gasteiger partial charge in [0.25, 0.3) is 5.91 Å². The van der Waals surface area contributed by atoms with E-state index in [1.54, 1.807) is 23.2 Å². The molecule has 0 atom stereocenters. The summed E-state index contributed by atoms with van der Waals surface area (Å²) in [6, 6.07) is 11.0. The van der Waals surface area contributed by atoms with Crippen molar-refractivity contribution in [2.24, 2.45) is 0 Å². The molecule has 0 radical (unpaired) electrons. The zero-order valence-corrected chi connectivity index (χ0v) is 14.4. The fourth-order valence-electron chi connectivity index (χ4n) is 2.86. The van der Waals surface area contributed by atoms with Crippen molar-refractivity contribution in [3.8, 4) is 0 Å². The highest BCUT2D eigenvalue weighted by atomic mass is 32.2. The zero-order valence-electron chi connectivity index (χ0n) is 13.6. The SMILES string of the molecule is Cc1ccccc1CS(=O)(=O)N1CCN(C(=O)c2ccc[nH]2)CC1. The summed E-state index contributed by atoms with van der Waals surface area (Å²) in [6.45, 7) is 3.40. The summed E-state index contributed by atoms with van der Waals surface area (Å²) in [6.07, 6.45) is 1.70. The minimum Gasteiger partial charge on any atom is -0.357 e. The number of aryl methyl sites for hydroxylation is 1. The molecule has 1 amide bonds. The second-order valence-electron chi connectivity index (χ2n) is 5.96. The molecule has 7 heteroatoms. The summed E-state index contributed by atoms with van der Waals surface area (Å²) in [7, 11) is -3.37. The molecule has 128 valence electrons. The lowest BCUT2D eigenvalue weighted by Crippen LogP contribution is -2.50. The monoisotopic (exact) mass is 347 g/mol. The van der Waals surface area contributed by atoms with Gasteiger partial charge in [0.2, 0.25) is 10.0 Å². The van der Waals surface area contributed by atoms with Gasteiger partial charge in [0, 0.05) is 32.4 Å². The van der Waals surface area contributed by atoms with Crippen LogP contribution >= 0.6 is 0 Å². The normalized spacial score (nSPS) is 16.3. The first-order chi connectivity index (χ1) is 11.5. The number of sulfonamides is 1. The molecule has 0 saturated carbocycles. The number of piperazine rings is 1. The molecule has 1 aliphatic heterocycles. The highest BCUT2D eigenvalue weighted by molar-refractivity contribution is 7.88. The summed E-state index contributed by atoms with van der Waals surface area (Å²) in [5, 5.41) is 0. The lowest BCUT2D eigenvalue weighted by atomic mass is 10.1. The first-order valence-corrected chi connectivity index (χ1v) is 9.53. The molecule has 24 heavy (non-hydrogen) atoms. The quantitative estimate of drug-likeness (QED) is 0.913. The smallest absolute Gasteiger partial charge is 0.270 e. The van der Waals surface area contributed by atoms with Gasteiger partial charge in [-0.05, 0) is 30.2 Å². The molecule has 2 heterocycles. The Morgan fingerprint density at radius 1 is 1.08 bits per heavy atom. The van der Waals surface area contributed by atoms with Crippen molar-refractivity contribution < 1.29 is 13.2 Å². The number of nitrogens with zero attached hydrogens (tertiary/aromatic N) is 2. The number of carbonyl (C=O) groups excluding carboxylic acids is 1. The number of aromatic nitrogens is 1. The molecule has 0 spiro atoms. The van der Waals surface area contributed by atoms with Gasteiger partial charge in [-0.15, -0.1) is 0 Å². The molecule has 1 N–H and O–H groups in total. The van der Waals surface area contributed by atoms with Gasteiger partial charge in [-0.3, -0.25) is 4.79 Å². The molecule has 3 rings (SSSR count). The molecule has 0 unspecified atom stereocenters. The molecular weight excluding hydrogens is 326 g/mol. The van der Waals surface area contributed by atoms with E-state index in [-0.39, 0.29) is 11.7 Å². The Kier molecular flexibility index (Phi) is 4.73. The molecule has 1 aromatic carbocycles. The van der Waals surface area contributed by atoms with Crippen LogP contribution in [0.1, 0.15) is 21.6 Å². The Labute approximate surface area is 142 Å². The predicted octanol–water partition coefficient (Wildman–Crippen LogP) is 1.61. The maximum Gasteiger partial charge on any atom is 0.270 e. The van der Waals surface area contributed by atoms with Crippen LogP contribution in [0.15, 0.2) is 42.6 Å². The molecule has 1 aliphatic rings. The molecule has 6 nitrogen and oxygen atoms in total. The Morgan fingerprint density at radius 2 is 1.79 bits per heavy atom. The molecule has 1 aromatic heterocycles. The summed E-state index contributed by atoms with van der Waals surface area (Å²) < 4.78 is 26.7. The second kappa shape index (κ2) is 6.78. The number of hydrogen-bond donors (Lipinski definition) is 1. The van der Waals surface area contributed by atoms with Gasteiger partial charge in [0.15, 0.2) is 0 Å². The average Bonchev–Trinajstić information content (AvgIpc) is 3.11. The van der Waals surface area contributed by atoms with Gasteiger partial charge >= 0.3 is 0 Å². The van der Waals surface area contributed by atoms with Crippen molar-refractivity contribution >= 4 is 15.9 Å². The minimum absolute atomic E-state index is 0.00421. The van der Waals surface area contributed by atoms with Crippen LogP contribution in [-0.4, -0.2) is 54.7 Å². The molecular formula is C17H21N3O3S. The zero-order chi connectivity index (χ0) is 17.2. The van der Waals surface area contributed by atoms with Crippen LogP contribution in [0.4, 0.5) is 0 Å². The Hall–Kier alpha value is -2.12. The maximum absolute atomic E-state index is 12.6. The second-order valence-corrected chi connectivity index (χ2v) is 7.93. The number of nitrogens with one attached hydrogen (secondary N) is 1. The molecule has 0 bridgehead atoms. The molecule has 1 saturated heterocycles. The van der Waals surface area contributed by atoms with Crippen molar-refractivity contribution in [3.05, 3.63) is 59.4 Å². The first-order valence-electron chi connectivity index (χ1n) is 7.92. The number of carbonyl (C=O) groups is 1. The lowest BCUT2D eigenvalue weighted by Gasteiger charge is -2.34. The Morgan fingerprint density at radius 3 is 2.42 bits per heavy atom. The maximum atomic E-state index is 12.6. The lowest BCUT2D eigenvalue weighted by molar-refractivity contribution is 0.0692. The largest absolute Gasteiger partial charge is 0.357 e. The van der Waals surface area contributed by atoms with Gasteiger partial charge < -0.3 is 9.88 Å². The molecule has 1 fully saturated rings. The third-order valence-electron chi connectivity index (χ3n) is 4.35. The third-order valence-corrected chi connectivity index (χ3v) is 6.17. The number of amides is 1. The number of aromatic amines is 1. The van der Waals surface area contributed by atoms with Gasteiger partial charge in [0.05, 0.1) is 5.75 Å². The van der Waals surface area contributed by atoms with Crippen molar-refractivity contribution in [2.45, 2.75) is 12.7 Å². The van der Waals surface area contributed by atoms with E-state index in [1.807, 2.05) is 31.2 Å². The molecule has 0 aliphatic carbocycles. The van der Waals surface area contributed by atoms with Crippen molar-refractivity contribution in [1.82, 2.24) is 14.2 Å². The van der Waals surface area contributed by atoms with Crippen LogP contribution in [-0.2, 0) is 15.8 Å². The van der Waals surface area contributed by atoms with Gasteiger partial charge in [-0.1, -0.05) is 24.3 Å². The highest BCUT2D eigenvalue weighted by Crippen LogP contribution is 2.17. The fourth-order valence-corrected chi connectivity index (χ4v) is 4.48. The van der Waals surface area contributed by atoms with Gasteiger partial charge in [0.1, 0.15) is 5.69 Å². The predicted molar refractivity (Wildman–Crippen MR) is 92.1 cm³/mol. The van der Waals surface area contributed by atoms with Crippen molar-refractivity contribution in [2.75, 3.05) is 26.2 Å². The van der Waals surface area contributed by atoms with E-state index in [2.05, 4.69) is 4.98 Å². The highest BCUT2D eigenvalue weighted by Gasteiger charge is 2.29. The van der Waals surface area contributed by atoms with E-state index < -0.39 is 10.0 Å². The van der Waals surface area contributed by atoms with E-state index >= 15 is 0 Å². The van der Waals surface area contributed by atoms with E-state index in [0.29, 0.717) is 31.9 Å². The van der Waals surface area contributed by atoms with E-state index in [1.165, 1.54) is 4.31 Å². The standard InChI is InChI=1S/C17H21N3O3S/c1-14-5-2-3-6-15(14)13-24(22,23)20-11-9-19(10-12-20)17(21)16-7-4-8-18-16/h2-8,18H,9-13H2,1H3. The summed E-state index contributed by atoms with van der Waals surface area (Å²) >= 11 is 0. The van der Waals surface area contributed by atoms with E-state index in [4.69, 9.17) is 0 Å². The van der Waals surface area contributed by atoms with Crippen LogP contribution in [0.3, 0.4) is 0 Å². The Balaban J connectivity index is 1.63. The topological polar surface area (TPSA) is 73.5 Å². The van der Waals surface area contributed by atoms with Gasteiger partial charge in [-0.2, -0.15) is 4.31 Å². The van der Waals surface area contributed by atoms with Crippen molar-refractivity contribution in [3.63, 3.8) is 0 Å². The van der Waals surface area contributed by atoms with E-state index in [0.717, 1.165) is 11.1 Å². The van der Waals surface area contributed by atoms with Crippen LogP contribution in [0.2, 0.25) is 0 Å². The van der Waals surface area contributed by atoms with Crippen molar-refractivity contribution in [1.29, 1.82) is 0 Å². The number of benzene rings is 1.